The largest absolute Gasteiger partial charge is 0.391 e. The Kier molecular flexibility index (Phi) is 4.13. The second kappa shape index (κ2) is 5.89. The lowest BCUT2D eigenvalue weighted by Crippen LogP contribution is -2.56. The summed E-state index contributed by atoms with van der Waals surface area (Å²) in [6.07, 6.45) is 4.36. The average molecular weight is 290 g/mol. The van der Waals surface area contributed by atoms with Crippen molar-refractivity contribution in [2.45, 2.75) is 50.7 Å². The van der Waals surface area contributed by atoms with E-state index in [1.807, 2.05) is 32.0 Å². The van der Waals surface area contributed by atoms with Gasteiger partial charge in [0.1, 0.15) is 11.6 Å². The van der Waals surface area contributed by atoms with E-state index in [9.17, 15) is 5.11 Å². The molecule has 0 bridgehead atoms. The van der Waals surface area contributed by atoms with Crippen LogP contribution in [0.3, 0.4) is 0 Å². The number of anilines is 1. The molecule has 0 aromatic carbocycles. The first-order valence-electron chi connectivity index (χ1n) is 7.99. The molecule has 5 heteroatoms. The van der Waals surface area contributed by atoms with Crippen LogP contribution in [0.5, 0.6) is 0 Å². The summed E-state index contributed by atoms with van der Waals surface area (Å²) >= 11 is 0. The molecule has 1 saturated heterocycles. The maximum atomic E-state index is 10.1. The van der Waals surface area contributed by atoms with Crippen LogP contribution in [-0.4, -0.2) is 59.3 Å². The molecule has 116 valence electrons. The van der Waals surface area contributed by atoms with Crippen LogP contribution < -0.4 is 4.90 Å². The van der Waals surface area contributed by atoms with E-state index in [1.165, 1.54) is 12.8 Å². The molecular weight excluding hydrogens is 264 g/mol. The first-order chi connectivity index (χ1) is 10.0. The second-order valence-corrected chi connectivity index (χ2v) is 6.69. The second-order valence-electron chi connectivity index (χ2n) is 6.69. The normalized spacial score (nSPS) is 27.4. The molecule has 3 rings (SSSR count). The van der Waals surface area contributed by atoms with Gasteiger partial charge in [-0.05, 0) is 19.8 Å². The van der Waals surface area contributed by atoms with Gasteiger partial charge in [-0.25, -0.2) is 9.97 Å². The molecule has 2 atom stereocenters. The number of aromatic nitrogens is 2. The van der Waals surface area contributed by atoms with E-state index in [0.29, 0.717) is 12.0 Å². The molecule has 2 fully saturated rings. The fourth-order valence-corrected chi connectivity index (χ4v) is 3.45. The minimum absolute atomic E-state index is 0.143. The Morgan fingerprint density at radius 1 is 1.19 bits per heavy atom. The van der Waals surface area contributed by atoms with Crippen molar-refractivity contribution in [1.82, 2.24) is 14.9 Å². The zero-order valence-corrected chi connectivity index (χ0v) is 13.3. The van der Waals surface area contributed by atoms with E-state index in [1.54, 1.807) is 0 Å². The number of hydrogen-bond acceptors (Lipinski definition) is 5. The van der Waals surface area contributed by atoms with E-state index in [0.717, 1.165) is 43.3 Å². The first-order valence-corrected chi connectivity index (χ1v) is 7.99. The molecule has 1 aliphatic carbocycles. The summed E-state index contributed by atoms with van der Waals surface area (Å²) in [5.74, 6) is 2.35. The zero-order valence-electron chi connectivity index (χ0n) is 13.3. The minimum Gasteiger partial charge on any atom is -0.391 e. The van der Waals surface area contributed by atoms with E-state index in [4.69, 9.17) is 0 Å². The molecule has 5 nitrogen and oxygen atoms in total. The lowest BCUT2D eigenvalue weighted by Gasteiger charge is -2.46. The van der Waals surface area contributed by atoms with Crippen molar-refractivity contribution in [3.8, 4) is 0 Å². The summed E-state index contributed by atoms with van der Waals surface area (Å²) in [6, 6.07) is 2.37. The van der Waals surface area contributed by atoms with Crippen LogP contribution in [0.4, 0.5) is 5.82 Å². The minimum atomic E-state index is -0.143. The molecule has 1 aliphatic heterocycles. The Morgan fingerprint density at radius 3 is 2.57 bits per heavy atom. The van der Waals surface area contributed by atoms with Crippen LogP contribution >= 0.6 is 0 Å². The number of hydrogen-bond donors (Lipinski definition) is 1. The van der Waals surface area contributed by atoms with Gasteiger partial charge in [-0.3, -0.25) is 4.90 Å². The quantitative estimate of drug-likeness (QED) is 0.915. The summed E-state index contributed by atoms with van der Waals surface area (Å²) in [6.45, 7) is 4.00. The van der Waals surface area contributed by atoms with Crippen LogP contribution in [0.2, 0.25) is 0 Å². The van der Waals surface area contributed by atoms with Crippen molar-refractivity contribution in [3.63, 3.8) is 0 Å². The standard InChI is InChI=1S/C16H26N4O/c1-11-8-15(19(2)3)18-16(17-11)12-9-20(10-12)13-6-4-5-7-14(13)21/h8,12-14,21H,4-7,9-10H2,1-3H3. The van der Waals surface area contributed by atoms with Gasteiger partial charge >= 0.3 is 0 Å². The molecule has 2 aliphatic rings. The highest BCUT2D eigenvalue weighted by Crippen LogP contribution is 2.33. The monoisotopic (exact) mass is 290 g/mol. The third kappa shape index (κ3) is 3.04. The molecule has 1 aromatic heterocycles. The van der Waals surface area contributed by atoms with Crippen molar-refractivity contribution in [2.75, 3.05) is 32.1 Å². The third-order valence-corrected chi connectivity index (χ3v) is 4.75. The number of aryl methyl sites for hydroxylation is 1. The molecule has 1 saturated carbocycles. The van der Waals surface area contributed by atoms with E-state index in [-0.39, 0.29) is 6.10 Å². The van der Waals surface area contributed by atoms with Crippen molar-refractivity contribution in [2.24, 2.45) is 0 Å². The number of aliphatic hydroxyl groups is 1. The summed E-state index contributed by atoms with van der Waals surface area (Å²) in [5.41, 5.74) is 1.03. The van der Waals surface area contributed by atoms with Gasteiger partial charge in [0.15, 0.2) is 0 Å². The van der Waals surface area contributed by atoms with Crippen LogP contribution in [0, 0.1) is 6.92 Å². The van der Waals surface area contributed by atoms with Gasteiger partial charge in [0, 0.05) is 50.9 Å². The van der Waals surface area contributed by atoms with E-state index in [2.05, 4.69) is 14.9 Å². The Balaban J connectivity index is 1.65. The molecule has 1 N–H and O–H groups in total. The summed E-state index contributed by atoms with van der Waals surface area (Å²) < 4.78 is 0. The molecule has 1 aromatic rings. The van der Waals surface area contributed by atoms with Gasteiger partial charge in [-0.1, -0.05) is 12.8 Å². The predicted molar refractivity (Wildman–Crippen MR) is 83.7 cm³/mol. The highest BCUT2D eigenvalue weighted by atomic mass is 16.3. The van der Waals surface area contributed by atoms with E-state index < -0.39 is 0 Å². The van der Waals surface area contributed by atoms with Gasteiger partial charge < -0.3 is 10.0 Å². The molecule has 2 unspecified atom stereocenters. The Morgan fingerprint density at radius 2 is 1.90 bits per heavy atom. The number of aliphatic hydroxyl groups excluding tert-OH is 1. The lowest BCUT2D eigenvalue weighted by atomic mass is 9.87. The van der Waals surface area contributed by atoms with E-state index >= 15 is 0 Å². The Hall–Kier alpha value is -1.20. The lowest BCUT2D eigenvalue weighted by molar-refractivity contribution is -0.0200. The molecular formula is C16H26N4O. The Labute approximate surface area is 127 Å². The van der Waals surface area contributed by atoms with Crippen LogP contribution in [0.15, 0.2) is 6.07 Å². The van der Waals surface area contributed by atoms with Crippen LogP contribution in [-0.2, 0) is 0 Å². The maximum absolute atomic E-state index is 10.1. The van der Waals surface area contributed by atoms with Crippen LogP contribution in [0.25, 0.3) is 0 Å². The summed E-state index contributed by atoms with van der Waals surface area (Å²) in [4.78, 5) is 13.7. The molecule has 0 amide bonds. The van der Waals surface area contributed by atoms with Crippen molar-refractivity contribution >= 4 is 5.82 Å². The molecule has 0 spiro atoms. The fourth-order valence-electron chi connectivity index (χ4n) is 3.45. The molecule has 2 heterocycles. The number of nitrogens with zero attached hydrogens (tertiary/aromatic N) is 4. The Bertz CT molecular complexity index is 499. The third-order valence-electron chi connectivity index (χ3n) is 4.75. The topological polar surface area (TPSA) is 52.5 Å². The molecule has 21 heavy (non-hydrogen) atoms. The van der Waals surface area contributed by atoms with Crippen molar-refractivity contribution in [1.29, 1.82) is 0 Å². The number of likely N-dealkylation sites (tertiary alicyclic amines) is 1. The first kappa shape index (κ1) is 14.7. The van der Waals surface area contributed by atoms with Gasteiger partial charge in [-0.15, -0.1) is 0 Å². The summed E-state index contributed by atoms with van der Waals surface area (Å²) in [5, 5.41) is 10.1. The van der Waals surface area contributed by atoms with Gasteiger partial charge in [0.25, 0.3) is 0 Å². The SMILES string of the molecule is Cc1cc(N(C)C)nc(C2CN(C3CCCCC3O)C2)n1. The predicted octanol–water partition coefficient (Wildman–Crippen LogP) is 1.55. The van der Waals surface area contributed by atoms with Gasteiger partial charge in [0.2, 0.25) is 0 Å². The smallest absolute Gasteiger partial charge is 0.136 e. The summed E-state index contributed by atoms with van der Waals surface area (Å²) in [7, 11) is 4.02. The number of rotatable bonds is 3. The van der Waals surface area contributed by atoms with Crippen molar-refractivity contribution < 1.29 is 5.11 Å². The van der Waals surface area contributed by atoms with Gasteiger partial charge in [0.05, 0.1) is 6.10 Å². The van der Waals surface area contributed by atoms with Gasteiger partial charge in [-0.2, -0.15) is 0 Å². The zero-order chi connectivity index (χ0) is 15.0. The highest BCUT2D eigenvalue weighted by Gasteiger charge is 2.38. The highest BCUT2D eigenvalue weighted by molar-refractivity contribution is 5.38. The molecule has 0 radical (unpaired) electrons. The maximum Gasteiger partial charge on any atom is 0.136 e. The van der Waals surface area contributed by atoms with Crippen molar-refractivity contribution in [3.05, 3.63) is 17.6 Å². The average Bonchev–Trinajstić information content (AvgIpc) is 2.38. The fraction of sp³-hybridized carbons (Fsp3) is 0.750. The van der Waals surface area contributed by atoms with Crippen LogP contribution in [0.1, 0.15) is 43.1 Å².